The molecular formula is C21H36O2. The van der Waals surface area contributed by atoms with Crippen molar-refractivity contribution in [3.63, 3.8) is 0 Å². The first-order valence-electron chi connectivity index (χ1n) is 10.2. The summed E-state index contributed by atoms with van der Waals surface area (Å²) in [5.74, 6) is 0.797. The van der Waals surface area contributed by atoms with E-state index in [-0.39, 0.29) is 0 Å². The van der Waals surface area contributed by atoms with E-state index in [1.54, 1.807) is 0 Å². The van der Waals surface area contributed by atoms with Crippen LogP contribution in [0.3, 0.4) is 0 Å². The van der Waals surface area contributed by atoms with E-state index in [0.29, 0.717) is 35.1 Å². The largest absolute Gasteiger partial charge is 0.378 e. The molecule has 4 aliphatic carbocycles. The maximum absolute atomic E-state index is 11.8. The summed E-state index contributed by atoms with van der Waals surface area (Å²) >= 11 is 0. The number of ketones is 1. The first kappa shape index (κ1) is 17.5. The van der Waals surface area contributed by atoms with Crippen LogP contribution in [0.1, 0.15) is 97.3 Å². The monoisotopic (exact) mass is 320 g/mol. The van der Waals surface area contributed by atoms with Crippen LogP contribution >= 0.6 is 0 Å². The van der Waals surface area contributed by atoms with E-state index in [9.17, 15) is 4.79 Å². The van der Waals surface area contributed by atoms with Crippen molar-refractivity contribution < 1.29 is 9.53 Å². The van der Waals surface area contributed by atoms with Gasteiger partial charge in [0.05, 0.1) is 12.7 Å². The quantitative estimate of drug-likeness (QED) is 0.603. The van der Waals surface area contributed by atoms with Crippen molar-refractivity contribution in [2.45, 2.75) is 103 Å². The molecule has 0 atom stereocenters. The molecule has 23 heavy (non-hydrogen) atoms. The third-order valence-electron chi connectivity index (χ3n) is 7.44. The summed E-state index contributed by atoms with van der Waals surface area (Å²) in [7, 11) is 0. The van der Waals surface area contributed by atoms with E-state index in [1.165, 1.54) is 51.4 Å². The van der Waals surface area contributed by atoms with Crippen molar-refractivity contribution in [3.05, 3.63) is 0 Å². The number of rotatable bonds is 7. The number of Topliss-reactive ketones (excluding diaryl/α,β-unsaturated/α-hetero) is 1. The highest BCUT2D eigenvalue weighted by molar-refractivity contribution is 5.80. The third kappa shape index (κ3) is 3.83. The lowest BCUT2D eigenvalue weighted by Crippen LogP contribution is -2.44. The molecule has 4 fully saturated rings. The molecule has 4 saturated carbocycles. The molecule has 0 saturated heterocycles. The molecule has 0 amide bonds. The molecule has 4 rings (SSSR count). The topological polar surface area (TPSA) is 26.3 Å². The highest BCUT2D eigenvalue weighted by Crippen LogP contribution is 2.58. The maximum atomic E-state index is 11.8. The molecule has 0 aromatic heterocycles. The van der Waals surface area contributed by atoms with Crippen molar-refractivity contribution in [3.8, 4) is 0 Å². The fourth-order valence-corrected chi connectivity index (χ4v) is 5.60. The van der Waals surface area contributed by atoms with Gasteiger partial charge in [-0.25, -0.2) is 0 Å². The second-order valence-electron chi connectivity index (χ2n) is 8.85. The van der Waals surface area contributed by atoms with Crippen LogP contribution in [0.2, 0.25) is 0 Å². The fourth-order valence-electron chi connectivity index (χ4n) is 5.60. The Bertz CT molecular complexity index is 382. The number of ether oxygens (including phenoxy) is 1. The Kier molecular flexibility index (Phi) is 5.50. The zero-order valence-electron chi connectivity index (χ0n) is 15.4. The van der Waals surface area contributed by atoms with E-state index in [2.05, 4.69) is 6.92 Å². The first-order chi connectivity index (χ1) is 11.1. The SMILES string of the molecule is CCCC12CCC(CO[C@H]3CC[C@H](C(=O)CC)CC3)(CC1)CC2. The molecule has 2 heteroatoms. The highest BCUT2D eigenvalue weighted by Gasteiger charge is 2.48. The lowest BCUT2D eigenvalue weighted by Gasteiger charge is -2.54. The molecule has 0 aromatic rings. The zero-order valence-corrected chi connectivity index (χ0v) is 15.4. The van der Waals surface area contributed by atoms with Crippen LogP contribution in [0.5, 0.6) is 0 Å². The van der Waals surface area contributed by atoms with Crippen LogP contribution in [0.4, 0.5) is 0 Å². The van der Waals surface area contributed by atoms with Crippen molar-refractivity contribution in [2.75, 3.05) is 6.61 Å². The Morgan fingerprint density at radius 3 is 2.00 bits per heavy atom. The number of carbonyl (C=O) groups excluding carboxylic acids is 1. The fraction of sp³-hybridized carbons (Fsp3) is 0.952. The number of fused-ring (bicyclic) bond motifs is 3. The molecule has 0 aliphatic heterocycles. The summed E-state index contributed by atoms with van der Waals surface area (Å²) < 4.78 is 6.38. The molecule has 132 valence electrons. The summed E-state index contributed by atoms with van der Waals surface area (Å²) in [5.41, 5.74) is 1.21. The normalized spacial score (nSPS) is 40.3. The molecule has 0 unspecified atom stereocenters. The van der Waals surface area contributed by atoms with Gasteiger partial charge in [-0.05, 0) is 81.5 Å². The smallest absolute Gasteiger partial charge is 0.135 e. The van der Waals surface area contributed by atoms with Gasteiger partial charge in [0.25, 0.3) is 0 Å². The van der Waals surface area contributed by atoms with Gasteiger partial charge in [-0.2, -0.15) is 0 Å². The number of carbonyl (C=O) groups is 1. The summed E-state index contributed by atoms with van der Waals surface area (Å²) in [6.07, 6.45) is 16.8. The summed E-state index contributed by atoms with van der Waals surface area (Å²) in [6.45, 7) is 5.33. The Morgan fingerprint density at radius 2 is 1.48 bits per heavy atom. The van der Waals surface area contributed by atoms with Crippen LogP contribution in [0, 0.1) is 16.7 Å². The Balaban J connectivity index is 1.43. The molecule has 0 heterocycles. The average molecular weight is 321 g/mol. The minimum Gasteiger partial charge on any atom is -0.378 e. The van der Waals surface area contributed by atoms with E-state index in [1.807, 2.05) is 6.92 Å². The molecule has 0 spiro atoms. The van der Waals surface area contributed by atoms with E-state index in [4.69, 9.17) is 4.74 Å². The molecule has 0 aromatic carbocycles. The Hall–Kier alpha value is -0.370. The molecule has 4 aliphatic rings. The van der Waals surface area contributed by atoms with Gasteiger partial charge in [-0.1, -0.05) is 20.3 Å². The van der Waals surface area contributed by atoms with Gasteiger partial charge < -0.3 is 4.74 Å². The van der Waals surface area contributed by atoms with Gasteiger partial charge in [0.15, 0.2) is 0 Å². The van der Waals surface area contributed by atoms with Crippen LogP contribution in [-0.4, -0.2) is 18.5 Å². The van der Waals surface area contributed by atoms with E-state index >= 15 is 0 Å². The maximum Gasteiger partial charge on any atom is 0.135 e. The van der Waals surface area contributed by atoms with Gasteiger partial charge >= 0.3 is 0 Å². The predicted octanol–water partition coefficient (Wildman–Crippen LogP) is 5.68. The second kappa shape index (κ2) is 7.25. The highest BCUT2D eigenvalue weighted by atomic mass is 16.5. The molecule has 2 bridgehead atoms. The van der Waals surface area contributed by atoms with Crippen LogP contribution in [-0.2, 0) is 9.53 Å². The van der Waals surface area contributed by atoms with Crippen LogP contribution < -0.4 is 0 Å². The molecule has 2 nitrogen and oxygen atoms in total. The molecule has 0 radical (unpaired) electrons. The summed E-state index contributed by atoms with van der Waals surface area (Å²) in [6, 6.07) is 0. The summed E-state index contributed by atoms with van der Waals surface area (Å²) in [5, 5.41) is 0. The van der Waals surface area contributed by atoms with Crippen molar-refractivity contribution in [1.82, 2.24) is 0 Å². The van der Waals surface area contributed by atoms with Gasteiger partial charge in [0.1, 0.15) is 5.78 Å². The lowest BCUT2D eigenvalue weighted by molar-refractivity contribution is -0.126. The van der Waals surface area contributed by atoms with Gasteiger partial charge in [0, 0.05) is 12.3 Å². The average Bonchev–Trinajstić information content (AvgIpc) is 2.62. The lowest BCUT2D eigenvalue weighted by atomic mass is 9.53. The van der Waals surface area contributed by atoms with Gasteiger partial charge in [0.2, 0.25) is 0 Å². The van der Waals surface area contributed by atoms with Crippen molar-refractivity contribution >= 4 is 5.78 Å². The zero-order chi connectivity index (χ0) is 16.3. The van der Waals surface area contributed by atoms with Crippen molar-refractivity contribution in [2.24, 2.45) is 16.7 Å². The standard InChI is InChI=1S/C21H36O2/c1-3-9-20-10-13-21(14-11-20,15-12-20)16-23-18-7-5-17(6-8-18)19(22)4-2/h17-18H,3-16H2,1-2H3/t17-,18-,20?,21?. The third-order valence-corrected chi connectivity index (χ3v) is 7.44. The first-order valence-corrected chi connectivity index (χ1v) is 10.2. The van der Waals surface area contributed by atoms with Gasteiger partial charge in [-0.15, -0.1) is 0 Å². The molecular weight excluding hydrogens is 284 g/mol. The van der Waals surface area contributed by atoms with Crippen LogP contribution in [0.15, 0.2) is 0 Å². The minimum atomic E-state index is 0.331. The second-order valence-corrected chi connectivity index (χ2v) is 8.85. The predicted molar refractivity (Wildman–Crippen MR) is 94.5 cm³/mol. The summed E-state index contributed by atoms with van der Waals surface area (Å²) in [4.78, 5) is 11.8. The minimum absolute atomic E-state index is 0.331. The van der Waals surface area contributed by atoms with Crippen molar-refractivity contribution in [1.29, 1.82) is 0 Å². The Labute approximate surface area is 142 Å². The Morgan fingerprint density at radius 1 is 0.913 bits per heavy atom. The number of hydrogen-bond donors (Lipinski definition) is 0. The van der Waals surface area contributed by atoms with E-state index < -0.39 is 0 Å². The van der Waals surface area contributed by atoms with Crippen LogP contribution in [0.25, 0.3) is 0 Å². The number of hydrogen-bond acceptors (Lipinski definition) is 2. The van der Waals surface area contributed by atoms with E-state index in [0.717, 1.165) is 32.3 Å². The van der Waals surface area contributed by atoms with Gasteiger partial charge in [-0.3, -0.25) is 4.79 Å². The molecule has 0 N–H and O–H groups in total.